The van der Waals surface area contributed by atoms with Crippen LogP contribution in [-0.2, 0) is 11.2 Å². The maximum Gasteiger partial charge on any atom is 0.307 e. The van der Waals surface area contributed by atoms with Crippen molar-refractivity contribution in [3.63, 3.8) is 0 Å². The molecule has 0 aliphatic rings. The van der Waals surface area contributed by atoms with Gasteiger partial charge in [0, 0.05) is 17.7 Å². The average molecular weight is 316 g/mol. The summed E-state index contributed by atoms with van der Waals surface area (Å²) in [6.45, 7) is 0. The lowest BCUT2D eigenvalue weighted by Crippen LogP contribution is -2.05. The van der Waals surface area contributed by atoms with E-state index in [9.17, 15) is 18.4 Å². The minimum atomic E-state index is -1.08. The highest BCUT2D eigenvalue weighted by Crippen LogP contribution is 2.27. The molecule has 0 saturated carbocycles. The molecule has 0 aliphatic carbocycles. The van der Waals surface area contributed by atoms with E-state index in [4.69, 9.17) is 9.52 Å². The van der Waals surface area contributed by atoms with E-state index in [2.05, 4.69) is 0 Å². The third-order valence-electron chi connectivity index (χ3n) is 3.37. The summed E-state index contributed by atoms with van der Waals surface area (Å²) in [4.78, 5) is 23.1. The van der Waals surface area contributed by atoms with Crippen LogP contribution in [0.25, 0.3) is 22.3 Å². The van der Waals surface area contributed by atoms with Gasteiger partial charge in [-0.05, 0) is 18.2 Å². The van der Waals surface area contributed by atoms with Crippen molar-refractivity contribution >= 4 is 16.9 Å². The Morgan fingerprint density at radius 2 is 1.91 bits per heavy atom. The molecule has 0 amide bonds. The zero-order valence-electron chi connectivity index (χ0n) is 11.7. The molecule has 116 valence electrons. The van der Waals surface area contributed by atoms with Gasteiger partial charge in [0.2, 0.25) is 0 Å². The van der Waals surface area contributed by atoms with Crippen LogP contribution < -0.4 is 5.43 Å². The van der Waals surface area contributed by atoms with Crippen LogP contribution in [0.5, 0.6) is 0 Å². The fraction of sp³-hybridized carbons (Fsp3) is 0.0588. The molecule has 0 radical (unpaired) electrons. The van der Waals surface area contributed by atoms with Crippen LogP contribution in [0, 0.1) is 11.6 Å². The number of halogens is 2. The number of carbonyl (C=O) groups is 1. The smallest absolute Gasteiger partial charge is 0.307 e. The van der Waals surface area contributed by atoms with E-state index in [1.54, 1.807) is 6.07 Å². The lowest BCUT2D eigenvalue weighted by atomic mass is 10.1. The van der Waals surface area contributed by atoms with E-state index in [1.165, 1.54) is 12.1 Å². The second-order valence-electron chi connectivity index (χ2n) is 4.96. The van der Waals surface area contributed by atoms with Gasteiger partial charge in [-0.3, -0.25) is 9.59 Å². The van der Waals surface area contributed by atoms with Gasteiger partial charge in [0.25, 0.3) is 0 Å². The van der Waals surface area contributed by atoms with Crippen LogP contribution in [0.15, 0.2) is 51.7 Å². The van der Waals surface area contributed by atoms with Crippen molar-refractivity contribution in [2.45, 2.75) is 6.42 Å². The number of rotatable bonds is 3. The van der Waals surface area contributed by atoms with E-state index in [0.29, 0.717) is 11.6 Å². The Balaban J connectivity index is 2.27. The molecule has 0 atom stereocenters. The lowest BCUT2D eigenvalue weighted by molar-refractivity contribution is -0.136. The van der Waals surface area contributed by atoms with E-state index in [-0.39, 0.29) is 28.7 Å². The zero-order chi connectivity index (χ0) is 16.6. The highest BCUT2D eigenvalue weighted by Gasteiger charge is 2.15. The van der Waals surface area contributed by atoms with Crippen molar-refractivity contribution in [3.05, 3.63) is 69.9 Å². The molecule has 0 bridgehead atoms. The standard InChI is InChI=1S/C17H10F2O4/c18-10-4-5-11(13(19)7-10)15-8-14(20)12-3-1-2-9(6-16(21)22)17(12)23-15/h1-5,7-8H,6H2,(H,21,22). The van der Waals surface area contributed by atoms with Crippen molar-refractivity contribution in [2.75, 3.05) is 0 Å². The Morgan fingerprint density at radius 1 is 1.13 bits per heavy atom. The molecular weight excluding hydrogens is 306 g/mol. The summed E-state index contributed by atoms with van der Waals surface area (Å²) in [5.41, 5.74) is -0.120. The molecule has 23 heavy (non-hydrogen) atoms. The number of para-hydroxylation sites is 1. The Kier molecular flexibility index (Phi) is 3.65. The minimum Gasteiger partial charge on any atom is -0.481 e. The third kappa shape index (κ3) is 2.83. The molecule has 4 nitrogen and oxygen atoms in total. The van der Waals surface area contributed by atoms with Crippen LogP contribution in [0.4, 0.5) is 8.78 Å². The molecule has 1 N–H and O–H groups in total. The number of carboxylic acids is 1. The Morgan fingerprint density at radius 3 is 2.61 bits per heavy atom. The number of fused-ring (bicyclic) bond motifs is 1. The molecule has 1 aromatic heterocycles. The van der Waals surface area contributed by atoms with E-state index < -0.39 is 23.0 Å². The molecule has 0 aliphatic heterocycles. The first-order valence-corrected chi connectivity index (χ1v) is 6.68. The number of aliphatic carboxylic acids is 1. The number of hydrogen-bond acceptors (Lipinski definition) is 3. The molecule has 3 aromatic rings. The summed E-state index contributed by atoms with van der Waals surface area (Å²) in [6.07, 6.45) is -0.338. The van der Waals surface area contributed by atoms with E-state index in [0.717, 1.165) is 18.2 Å². The summed E-state index contributed by atoms with van der Waals surface area (Å²) in [5, 5.41) is 9.14. The van der Waals surface area contributed by atoms with Crippen LogP contribution in [0.3, 0.4) is 0 Å². The minimum absolute atomic E-state index is 0.0736. The quantitative estimate of drug-likeness (QED) is 0.804. The van der Waals surface area contributed by atoms with Gasteiger partial charge in [0.15, 0.2) is 5.43 Å². The average Bonchev–Trinajstić information content (AvgIpc) is 2.47. The molecule has 0 spiro atoms. The highest BCUT2D eigenvalue weighted by molar-refractivity contribution is 5.85. The van der Waals surface area contributed by atoms with Crippen molar-refractivity contribution in [1.29, 1.82) is 0 Å². The van der Waals surface area contributed by atoms with Crippen LogP contribution >= 0.6 is 0 Å². The normalized spacial score (nSPS) is 10.9. The van der Waals surface area contributed by atoms with Gasteiger partial charge in [-0.1, -0.05) is 12.1 Å². The predicted octanol–water partition coefficient (Wildman–Crippen LogP) is 3.37. The van der Waals surface area contributed by atoms with Gasteiger partial charge >= 0.3 is 5.97 Å². The molecule has 1 heterocycles. The largest absolute Gasteiger partial charge is 0.481 e. The maximum atomic E-state index is 13.9. The molecule has 0 fully saturated rings. The van der Waals surface area contributed by atoms with Crippen LogP contribution in [0.1, 0.15) is 5.56 Å². The second-order valence-corrected chi connectivity index (χ2v) is 4.96. The predicted molar refractivity (Wildman–Crippen MR) is 79.2 cm³/mol. The third-order valence-corrected chi connectivity index (χ3v) is 3.37. The Bertz CT molecular complexity index is 976. The fourth-order valence-electron chi connectivity index (χ4n) is 2.36. The van der Waals surface area contributed by atoms with E-state index >= 15 is 0 Å². The summed E-state index contributed by atoms with van der Waals surface area (Å²) >= 11 is 0. The summed E-state index contributed by atoms with van der Waals surface area (Å²) in [6, 6.07) is 8.56. The van der Waals surface area contributed by atoms with Gasteiger partial charge < -0.3 is 9.52 Å². The SMILES string of the molecule is O=C(O)Cc1cccc2c(=O)cc(-c3ccc(F)cc3F)oc12. The second kappa shape index (κ2) is 5.64. The van der Waals surface area contributed by atoms with Gasteiger partial charge in [0.1, 0.15) is 23.0 Å². The Hall–Kier alpha value is -3.02. The monoisotopic (exact) mass is 316 g/mol. The van der Waals surface area contributed by atoms with Crippen LogP contribution in [0.2, 0.25) is 0 Å². The Labute approximate surface area is 128 Å². The lowest BCUT2D eigenvalue weighted by Gasteiger charge is -2.07. The maximum absolute atomic E-state index is 13.9. The number of hydrogen-bond donors (Lipinski definition) is 1. The van der Waals surface area contributed by atoms with Crippen molar-refractivity contribution in [1.82, 2.24) is 0 Å². The molecule has 2 aromatic carbocycles. The molecular formula is C17H10F2O4. The van der Waals surface area contributed by atoms with Crippen molar-refractivity contribution < 1.29 is 23.1 Å². The molecule has 0 unspecified atom stereocenters. The van der Waals surface area contributed by atoms with Gasteiger partial charge in [-0.25, -0.2) is 8.78 Å². The first kappa shape index (κ1) is 14.9. The summed E-state index contributed by atoms with van der Waals surface area (Å²) in [5.74, 6) is -2.79. The fourth-order valence-corrected chi connectivity index (χ4v) is 2.36. The number of benzene rings is 2. The molecule has 0 saturated heterocycles. The first-order valence-electron chi connectivity index (χ1n) is 6.68. The number of carboxylic acid groups (broad SMARTS) is 1. The highest BCUT2D eigenvalue weighted by atomic mass is 19.1. The zero-order valence-corrected chi connectivity index (χ0v) is 11.7. The van der Waals surface area contributed by atoms with E-state index in [1.807, 2.05) is 0 Å². The topological polar surface area (TPSA) is 67.5 Å². The van der Waals surface area contributed by atoms with Crippen molar-refractivity contribution in [3.8, 4) is 11.3 Å². The van der Waals surface area contributed by atoms with Crippen molar-refractivity contribution in [2.24, 2.45) is 0 Å². The van der Waals surface area contributed by atoms with Crippen LogP contribution in [-0.4, -0.2) is 11.1 Å². The van der Waals surface area contributed by atoms with Gasteiger partial charge in [0.05, 0.1) is 17.4 Å². The van der Waals surface area contributed by atoms with Gasteiger partial charge in [-0.15, -0.1) is 0 Å². The molecule has 6 heteroatoms. The summed E-state index contributed by atoms with van der Waals surface area (Å²) in [7, 11) is 0. The van der Waals surface area contributed by atoms with Gasteiger partial charge in [-0.2, -0.15) is 0 Å². The first-order chi connectivity index (χ1) is 11.0. The summed E-state index contributed by atoms with van der Waals surface area (Å²) < 4.78 is 32.4. The molecule has 3 rings (SSSR count).